The van der Waals surface area contributed by atoms with Crippen LogP contribution in [0.25, 0.3) is 0 Å². The van der Waals surface area contributed by atoms with Crippen molar-refractivity contribution in [3.63, 3.8) is 0 Å². The van der Waals surface area contributed by atoms with Gasteiger partial charge in [0.05, 0.1) is 5.56 Å². The molecule has 0 saturated heterocycles. The van der Waals surface area contributed by atoms with E-state index in [1.807, 2.05) is 19.9 Å². The molecular formula is C19H22O2. The minimum atomic E-state index is -0.852. The zero-order chi connectivity index (χ0) is 15.7. The fourth-order valence-corrected chi connectivity index (χ4v) is 2.70. The highest BCUT2D eigenvalue weighted by Gasteiger charge is 2.15. The van der Waals surface area contributed by atoms with Crippen LogP contribution < -0.4 is 0 Å². The second-order valence-electron chi connectivity index (χ2n) is 5.81. The van der Waals surface area contributed by atoms with Crippen LogP contribution in [-0.4, -0.2) is 11.1 Å². The van der Waals surface area contributed by atoms with Crippen LogP contribution in [0.1, 0.15) is 49.3 Å². The molecule has 0 aromatic heterocycles. The normalized spacial score (nSPS) is 10.7. The fourth-order valence-electron chi connectivity index (χ4n) is 2.70. The maximum Gasteiger partial charge on any atom is 0.335 e. The van der Waals surface area contributed by atoms with E-state index in [1.165, 1.54) is 22.3 Å². The van der Waals surface area contributed by atoms with Gasteiger partial charge >= 0.3 is 5.97 Å². The van der Waals surface area contributed by atoms with Gasteiger partial charge in [-0.2, -0.15) is 0 Å². The Bertz CT molecular complexity index is 712. The first-order chi connectivity index (χ1) is 9.82. The lowest BCUT2D eigenvalue weighted by Gasteiger charge is -2.16. The second kappa shape index (κ2) is 5.72. The topological polar surface area (TPSA) is 37.3 Å². The smallest absolute Gasteiger partial charge is 0.335 e. The van der Waals surface area contributed by atoms with Gasteiger partial charge in [-0.15, -0.1) is 0 Å². The molecule has 0 bridgehead atoms. The summed E-state index contributed by atoms with van der Waals surface area (Å²) in [5.41, 5.74) is 8.57. The maximum atomic E-state index is 11.5. The van der Waals surface area contributed by atoms with Crippen molar-refractivity contribution in [2.75, 3.05) is 0 Å². The van der Waals surface area contributed by atoms with Crippen molar-refractivity contribution < 1.29 is 9.90 Å². The average Bonchev–Trinajstić information content (AvgIpc) is 2.44. The molecule has 2 aromatic rings. The number of hydrogen-bond acceptors (Lipinski definition) is 1. The highest BCUT2D eigenvalue weighted by Crippen LogP contribution is 2.25. The third-order valence-electron chi connectivity index (χ3n) is 4.64. The van der Waals surface area contributed by atoms with Gasteiger partial charge < -0.3 is 5.11 Å². The molecule has 0 aliphatic carbocycles. The molecule has 2 nitrogen and oxygen atoms in total. The lowest BCUT2D eigenvalue weighted by molar-refractivity contribution is 0.0695. The fraction of sp³-hybridized carbons (Fsp3) is 0.316. The third-order valence-corrected chi connectivity index (χ3v) is 4.64. The maximum absolute atomic E-state index is 11.5. The Hall–Kier alpha value is -2.09. The molecule has 0 aliphatic heterocycles. The van der Waals surface area contributed by atoms with E-state index in [9.17, 15) is 9.90 Å². The molecule has 0 heterocycles. The molecule has 0 radical (unpaired) electrons. The molecule has 0 unspecified atom stereocenters. The Morgan fingerprint density at radius 3 is 2.05 bits per heavy atom. The number of aromatic carboxylic acids is 1. The summed E-state index contributed by atoms with van der Waals surface area (Å²) in [4.78, 5) is 11.5. The number of carboxylic acids is 1. The van der Waals surface area contributed by atoms with E-state index in [0.717, 1.165) is 16.7 Å². The predicted octanol–water partition coefficient (Wildman–Crippen LogP) is 4.52. The van der Waals surface area contributed by atoms with Crippen molar-refractivity contribution in [1.29, 1.82) is 0 Å². The lowest BCUT2D eigenvalue weighted by atomic mass is 9.89. The molecule has 0 aliphatic rings. The van der Waals surface area contributed by atoms with Gasteiger partial charge in [0.2, 0.25) is 0 Å². The van der Waals surface area contributed by atoms with Crippen molar-refractivity contribution in [3.05, 3.63) is 68.8 Å². The summed E-state index contributed by atoms with van der Waals surface area (Å²) in [6, 6.07) is 7.83. The molecule has 0 atom stereocenters. The molecule has 2 rings (SSSR count). The van der Waals surface area contributed by atoms with E-state index in [4.69, 9.17) is 0 Å². The van der Waals surface area contributed by atoms with E-state index in [0.29, 0.717) is 12.0 Å². The first kappa shape index (κ1) is 15.3. The van der Waals surface area contributed by atoms with Crippen molar-refractivity contribution in [1.82, 2.24) is 0 Å². The molecular weight excluding hydrogens is 260 g/mol. The van der Waals surface area contributed by atoms with E-state index in [2.05, 4.69) is 32.9 Å². The van der Waals surface area contributed by atoms with Gasteiger partial charge in [0.25, 0.3) is 0 Å². The van der Waals surface area contributed by atoms with Crippen molar-refractivity contribution in [3.8, 4) is 0 Å². The minimum Gasteiger partial charge on any atom is -0.478 e. The van der Waals surface area contributed by atoms with Gasteiger partial charge in [-0.05, 0) is 86.1 Å². The van der Waals surface area contributed by atoms with Gasteiger partial charge in [-0.25, -0.2) is 4.79 Å². The Morgan fingerprint density at radius 2 is 1.43 bits per heavy atom. The lowest BCUT2D eigenvalue weighted by Crippen LogP contribution is -2.07. The van der Waals surface area contributed by atoms with E-state index in [-0.39, 0.29) is 0 Å². The average molecular weight is 282 g/mol. The molecule has 0 spiro atoms. The van der Waals surface area contributed by atoms with Crippen LogP contribution in [0.15, 0.2) is 24.3 Å². The highest BCUT2D eigenvalue weighted by molar-refractivity contribution is 5.90. The van der Waals surface area contributed by atoms with E-state index < -0.39 is 5.97 Å². The van der Waals surface area contributed by atoms with Crippen LogP contribution in [-0.2, 0) is 6.42 Å². The molecule has 0 amide bonds. The van der Waals surface area contributed by atoms with Gasteiger partial charge in [0.15, 0.2) is 0 Å². The number of benzene rings is 2. The quantitative estimate of drug-likeness (QED) is 0.898. The Labute approximate surface area is 126 Å². The van der Waals surface area contributed by atoms with Gasteiger partial charge in [0.1, 0.15) is 0 Å². The summed E-state index contributed by atoms with van der Waals surface area (Å²) in [5, 5.41) is 9.43. The Balaban J connectivity index is 2.56. The van der Waals surface area contributed by atoms with E-state index in [1.54, 1.807) is 6.07 Å². The second-order valence-corrected chi connectivity index (χ2v) is 5.81. The van der Waals surface area contributed by atoms with Crippen LogP contribution in [0.4, 0.5) is 0 Å². The summed E-state index contributed by atoms with van der Waals surface area (Å²) in [6.45, 7) is 10.4. The van der Waals surface area contributed by atoms with Crippen LogP contribution in [0.2, 0.25) is 0 Å². The molecule has 1 N–H and O–H groups in total. The van der Waals surface area contributed by atoms with Gasteiger partial charge in [0, 0.05) is 0 Å². The number of carbonyl (C=O) groups is 1. The van der Waals surface area contributed by atoms with Gasteiger partial charge in [-0.3, -0.25) is 0 Å². The molecule has 0 fully saturated rings. The zero-order valence-corrected chi connectivity index (χ0v) is 13.4. The molecule has 2 aromatic carbocycles. The Morgan fingerprint density at radius 1 is 0.857 bits per heavy atom. The number of rotatable bonds is 3. The molecule has 0 saturated carbocycles. The molecule has 21 heavy (non-hydrogen) atoms. The zero-order valence-electron chi connectivity index (χ0n) is 13.4. The summed E-state index contributed by atoms with van der Waals surface area (Å²) in [7, 11) is 0. The van der Waals surface area contributed by atoms with Gasteiger partial charge in [-0.1, -0.05) is 18.2 Å². The van der Waals surface area contributed by atoms with Crippen LogP contribution >= 0.6 is 0 Å². The monoisotopic (exact) mass is 282 g/mol. The third kappa shape index (κ3) is 2.85. The van der Waals surface area contributed by atoms with Crippen molar-refractivity contribution >= 4 is 5.97 Å². The number of carboxylic acid groups (broad SMARTS) is 1. The van der Waals surface area contributed by atoms with Crippen LogP contribution in [0.3, 0.4) is 0 Å². The van der Waals surface area contributed by atoms with Crippen molar-refractivity contribution in [2.24, 2.45) is 0 Å². The number of aryl methyl sites for hydroxylation is 2. The van der Waals surface area contributed by atoms with Crippen molar-refractivity contribution in [2.45, 2.75) is 41.0 Å². The number of hydrogen-bond donors (Lipinski definition) is 1. The summed E-state index contributed by atoms with van der Waals surface area (Å²) < 4.78 is 0. The molecule has 2 heteroatoms. The highest BCUT2D eigenvalue weighted by atomic mass is 16.4. The standard InChI is InChI=1S/C19H22O2/c1-11-6-8-16(15(5)13(11)3)10-18-14(4)12(2)7-9-17(18)19(20)21/h6-9H,10H2,1-5H3,(H,20,21). The largest absolute Gasteiger partial charge is 0.478 e. The summed E-state index contributed by atoms with van der Waals surface area (Å²) in [6.07, 6.45) is 0.669. The summed E-state index contributed by atoms with van der Waals surface area (Å²) in [5.74, 6) is -0.852. The summed E-state index contributed by atoms with van der Waals surface area (Å²) >= 11 is 0. The minimum absolute atomic E-state index is 0.413. The van der Waals surface area contributed by atoms with E-state index >= 15 is 0 Å². The first-order valence-electron chi connectivity index (χ1n) is 7.21. The molecule has 110 valence electrons. The predicted molar refractivity (Wildman–Crippen MR) is 86.3 cm³/mol. The van der Waals surface area contributed by atoms with Crippen LogP contribution in [0, 0.1) is 34.6 Å². The van der Waals surface area contributed by atoms with Crippen LogP contribution in [0.5, 0.6) is 0 Å². The first-order valence-corrected chi connectivity index (χ1v) is 7.21. The Kier molecular flexibility index (Phi) is 4.17. The SMILES string of the molecule is Cc1ccc(Cc2c(C(=O)O)ccc(C)c2C)c(C)c1C.